The van der Waals surface area contributed by atoms with Crippen LogP contribution in [0.1, 0.15) is 31.4 Å². The number of nitrogens with one attached hydrogen (secondary N) is 1. The zero-order chi connectivity index (χ0) is 12.4. The van der Waals surface area contributed by atoms with E-state index in [2.05, 4.69) is 5.32 Å². The zero-order valence-corrected chi connectivity index (χ0v) is 9.93. The lowest BCUT2D eigenvalue weighted by molar-refractivity contribution is 0.0420. The number of aliphatic hydroxyl groups excluding tert-OH is 1. The summed E-state index contributed by atoms with van der Waals surface area (Å²) >= 11 is 0. The van der Waals surface area contributed by atoms with Crippen LogP contribution in [0.3, 0.4) is 0 Å². The largest absolute Gasteiger partial charge is 0.508 e. The lowest BCUT2D eigenvalue weighted by Gasteiger charge is -2.32. The number of hydrogen-bond acceptors (Lipinski definition) is 4. The van der Waals surface area contributed by atoms with E-state index in [-0.39, 0.29) is 23.6 Å². The third kappa shape index (κ3) is 3.11. The second-order valence-corrected chi connectivity index (χ2v) is 4.90. The maximum Gasteiger partial charge on any atom is 0.119 e. The maximum absolute atomic E-state index is 9.39. The molecule has 17 heavy (non-hydrogen) atoms. The van der Waals surface area contributed by atoms with E-state index < -0.39 is 0 Å². The molecule has 1 aliphatic rings. The van der Waals surface area contributed by atoms with Gasteiger partial charge in [0.2, 0.25) is 0 Å². The summed E-state index contributed by atoms with van der Waals surface area (Å²) in [7, 11) is 0. The highest BCUT2D eigenvalue weighted by Crippen LogP contribution is 2.28. The van der Waals surface area contributed by atoms with Gasteiger partial charge in [0.15, 0.2) is 0 Å². The topological polar surface area (TPSA) is 72.7 Å². The van der Waals surface area contributed by atoms with Gasteiger partial charge in [0.1, 0.15) is 11.5 Å². The summed E-state index contributed by atoms with van der Waals surface area (Å²) in [5.41, 5.74) is 0.863. The molecule has 0 aliphatic heterocycles. The summed E-state index contributed by atoms with van der Waals surface area (Å²) in [5.74, 6) is 0.693. The van der Waals surface area contributed by atoms with Crippen molar-refractivity contribution in [1.82, 2.24) is 5.32 Å². The fourth-order valence-corrected chi connectivity index (χ4v) is 2.20. The fourth-order valence-electron chi connectivity index (χ4n) is 2.20. The van der Waals surface area contributed by atoms with Crippen LogP contribution in [0.15, 0.2) is 18.2 Å². The van der Waals surface area contributed by atoms with Crippen molar-refractivity contribution < 1.29 is 15.3 Å². The lowest BCUT2D eigenvalue weighted by atomic mass is 9.82. The first-order chi connectivity index (χ1) is 8.04. The van der Waals surface area contributed by atoms with Gasteiger partial charge in [-0.1, -0.05) is 0 Å². The maximum atomic E-state index is 9.39. The molecule has 1 saturated carbocycles. The summed E-state index contributed by atoms with van der Waals surface area (Å²) < 4.78 is 0. The van der Waals surface area contributed by atoms with Gasteiger partial charge in [0.05, 0.1) is 6.10 Å². The molecule has 0 spiro atoms. The molecule has 0 aromatic heterocycles. The molecular formula is C13H19NO3. The van der Waals surface area contributed by atoms with E-state index >= 15 is 0 Å². The van der Waals surface area contributed by atoms with Gasteiger partial charge in [0.25, 0.3) is 0 Å². The van der Waals surface area contributed by atoms with Crippen LogP contribution >= 0.6 is 0 Å². The third-order valence-electron chi connectivity index (χ3n) is 3.35. The summed E-state index contributed by atoms with van der Waals surface area (Å²) in [6.07, 6.45) is 1.61. The van der Waals surface area contributed by atoms with Crippen molar-refractivity contribution >= 4 is 0 Å². The Bertz CT molecular complexity index is 368. The minimum Gasteiger partial charge on any atom is -0.508 e. The van der Waals surface area contributed by atoms with Gasteiger partial charge in [-0.2, -0.15) is 0 Å². The van der Waals surface area contributed by atoms with E-state index in [1.807, 2.05) is 6.92 Å². The Hall–Kier alpha value is -1.26. The molecule has 1 fully saturated rings. The number of aliphatic hydroxyl groups is 1. The van der Waals surface area contributed by atoms with Crippen LogP contribution in [-0.4, -0.2) is 28.0 Å². The molecule has 1 unspecified atom stereocenters. The molecule has 4 heteroatoms. The van der Waals surface area contributed by atoms with E-state index in [1.165, 1.54) is 6.07 Å². The Kier molecular flexibility index (Phi) is 3.54. The van der Waals surface area contributed by atoms with E-state index in [4.69, 9.17) is 0 Å². The Morgan fingerprint density at radius 1 is 1.24 bits per heavy atom. The number of aromatic hydroxyl groups is 2. The molecule has 2 rings (SSSR count). The molecule has 1 aromatic rings. The number of rotatable bonds is 4. The van der Waals surface area contributed by atoms with E-state index in [9.17, 15) is 15.3 Å². The average molecular weight is 237 g/mol. The van der Waals surface area contributed by atoms with Crippen LogP contribution in [0.4, 0.5) is 0 Å². The molecule has 0 amide bonds. The normalized spacial score (nSPS) is 25.3. The average Bonchev–Trinajstić information content (AvgIpc) is 2.21. The smallest absolute Gasteiger partial charge is 0.119 e. The highest BCUT2D eigenvalue weighted by atomic mass is 16.3. The van der Waals surface area contributed by atoms with Crippen LogP contribution in [0.2, 0.25) is 0 Å². The molecule has 0 radical (unpaired) electrons. The zero-order valence-electron chi connectivity index (χ0n) is 9.93. The second-order valence-electron chi connectivity index (χ2n) is 4.90. The number of benzene rings is 1. The van der Waals surface area contributed by atoms with Crippen molar-refractivity contribution in [1.29, 1.82) is 0 Å². The summed E-state index contributed by atoms with van der Waals surface area (Å²) in [6, 6.07) is 4.68. The van der Waals surface area contributed by atoms with Gasteiger partial charge in [-0.25, -0.2) is 0 Å². The van der Waals surface area contributed by atoms with Crippen molar-refractivity contribution in [3.63, 3.8) is 0 Å². The molecule has 94 valence electrons. The molecule has 1 aromatic carbocycles. The van der Waals surface area contributed by atoms with E-state index in [0.717, 1.165) is 24.9 Å². The molecule has 0 saturated heterocycles. The molecule has 1 aliphatic carbocycles. The first-order valence-corrected chi connectivity index (χ1v) is 5.99. The molecule has 4 N–H and O–H groups in total. The third-order valence-corrected chi connectivity index (χ3v) is 3.35. The van der Waals surface area contributed by atoms with Gasteiger partial charge < -0.3 is 20.6 Å². The minimum absolute atomic E-state index is 0.0748. The highest BCUT2D eigenvalue weighted by Gasteiger charge is 2.27. The lowest BCUT2D eigenvalue weighted by Crippen LogP contribution is -2.36. The standard InChI is InChI=1S/C13H19NO3/c1-8(14-7-9-2-11(15)3-9)10-4-12(16)6-13(17)5-10/h4-6,8-9,11,14-17H,2-3,7H2,1H3. The first kappa shape index (κ1) is 12.2. The van der Waals surface area contributed by atoms with Crippen LogP contribution < -0.4 is 5.32 Å². The quantitative estimate of drug-likeness (QED) is 0.640. The Balaban J connectivity index is 1.88. The number of phenolic OH excluding ortho intramolecular Hbond substituents is 2. The summed E-state index contributed by atoms with van der Waals surface area (Å²) in [6.45, 7) is 2.85. The van der Waals surface area contributed by atoms with E-state index in [0.29, 0.717) is 5.92 Å². The van der Waals surface area contributed by atoms with E-state index in [1.54, 1.807) is 12.1 Å². The van der Waals surface area contributed by atoms with Crippen LogP contribution in [0, 0.1) is 5.92 Å². The Labute approximate surface area is 101 Å². The molecule has 4 nitrogen and oxygen atoms in total. The van der Waals surface area contributed by atoms with Crippen molar-refractivity contribution in [2.24, 2.45) is 5.92 Å². The summed E-state index contributed by atoms with van der Waals surface area (Å²) in [4.78, 5) is 0. The molecule has 0 bridgehead atoms. The van der Waals surface area contributed by atoms with Crippen molar-refractivity contribution in [2.45, 2.75) is 31.9 Å². The fraction of sp³-hybridized carbons (Fsp3) is 0.538. The molecule has 1 atom stereocenters. The van der Waals surface area contributed by atoms with Gasteiger partial charge in [-0.3, -0.25) is 0 Å². The molecular weight excluding hydrogens is 218 g/mol. The Morgan fingerprint density at radius 3 is 2.35 bits per heavy atom. The highest BCUT2D eigenvalue weighted by molar-refractivity contribution is 5.37. The van der Waals surface area contributed by atoms with Gasteiger partial charge in [0, 0.05) is 12.1 Å². The minimum atomic E-state index is -0.123. The molecule has 0 heterocycles. The first-order valence-electron chi connectivity index (χ1n) is 5.99. The summed E-state index contributed by atoms with van der Waals surface area (Å²) in [5, 5.41) is 31.3. The second kappa shape index (κ2) is 4.94. The Morgan fingerprint density at radius 2 is 1.82 bits per heavy atom. The SMILES string of the molecule is CC(NCC1CC(O)C1)c1cc(O)cc(O)c1. The predicted octanol–water partition coefficient (Wildman–Crippen LogP) is 1.52. The van der Waals surface area contributed by atoms with Crippen molar-refractivity contribution in [3.8, 4) is 11.5 Å². The van der Waals surface area contributed by atoms with Gasteiger partial charge >= 0.3 is 0 Å². The van der Waals surface area contributed by atoms with Gasteiger partial charge in [-0.15, -0.1) is 0 Å². The van der Waals surface area contributed by atoms with Crippen molar-refractivity contribution in [3.05, 3.63) is 23.8 Å². The monoisotopic (exact) mass is 237 g/mol. The van der Waals surface area contributed by atoms with Crippen LogP contribution in [0.25, 0.3) is 0 Å². The number of phenols is 2. The van der Waals surface area contributed by atoms with Gasteiger partial charge in [-0.05, 0) is 49.9 Å². The van der Waals surface area contributed by atoms with Crippen molar-refractivity contribution in [2.75, 3.05) is 6.54 Å². The predicted molar refractivity (Wildman–Crippen MR) is 64.9 cm³/mol. The van der Waals surface area contributed by atoms with Crippen LogP contribution in [-0.2, 0) is 0 Å². The number of hydrogen-bond donors (Lipinski definition) is 4. The van der Waals surface area contributed by atoms with Crippen LogP contribution in [0.5, 0.6) is 11.5 Å².